The van der Waals surface area contributed by atoms with Crippen molar-refractivity contribution >= 4 is 15.9 Å². The summed E-state index contributed by atoms with van der Waals surface area (Å²) < 4.78 is 14.5. The van der Waals surface area contributed by atoms with Crippen LogP contribution in [-0.2, 0) is 6.54 Å². The zero-order valence-electron chi connectivity index (χ0n) is 10.0. The standard InChI is InChI=1S/C14H14BrFN2/c1-10(13-4-2-3-5-14(13)16)17-9-12-7-6-11(15)8-18-12/h2-8,10,17H,9H2,1H3. The molecule has 18 heavy (non-hydrogen) atoms. The number of nitrogens with one attached hydrogen (secondary N) is 1. The third-order valence-corrected chi connectivity index (χ3v) is 3.22. The summed E-state index contributed by atoms with van der Waals surface area (Å²) in [6, 6.07) is 10.6. The highest BCUT2D eigenvalue weighted by atomic mass is 79.9. The molecule has 4 heteroatoms. The first kappa shape index (κ1) is 13.2. The van der Waals surface area contributed by atoms with Crippen molar-refractivity contribution in [1.82, 2.24) is 10.3 Å². The van der Waals surface area contributed by atoms with Gasteiger partial charge in [-0.1, -0.05) is 18.2 Å². The highest BCUT2D eigenvalue weighted by Gasteiger charge is 2.09. The molecule has 94 valence electrons. The molecule has 1 heterocycles. The minimum Gasteiger partial charge on any atom is -0.304 e. The van der Waals surface area contributed by atoms with E-state index in [4.69, 9.17) is 0 Å². The molecule has 0 bridgehead atoms. The highest BCUT2D eigenvalue weighted by Crippen LogP contribution is 2.16. The van der Waals surface area contributed by atoms with Crippen LogP contribution in [0.5, 0.6) is 0 Å². The summed E-state index contributed by atoms with van der Waals surface area (Å²) in [6.07, 6.45) is 1.75. The van der Waals surface area contributed by atoms with Crippen LogP contribution in [0, 0.1) is 5.82 Å². The molecule has 1 unspecified atom stereocenters. The van der Waals surface area contributed by atoms with Gasteiger partial charge in [-0.05, 0) is 41.1 Å². The molecular weight excluding hydrogens is 295 g/mol. The number of rotatable bonds is 4. The summed E-state index contributed by atoms with van der Waals surface area (Å²) in [4.78, 5) is 4.26. The summed E-state index contributed by atoms with van der Waals surface area (Å²) in [7, 11) is 0. The van der Waals surface area contributed by atoms with E-state index in [1.165, 1.54) is 6.07 Å². The van der Waals surface area contributed by atoms with Gasteiger partial charge in [0.25, 0.3) is 0 Å². The van der Waals surface area contributed by atoms with E-state index >= 15 is 0 Å². The maximum absolute atomic E-state index is 13.6. The molecule has 2 nitrogen and oxygen atoms in total. The number of nitrogens with zero attached hydrogens (tertiary/aromatic N) is 1. The normalized spacial score (nSPS) is 12.4. The number of hydrogen-bond donors (Lipinski definition) is 1. The fourth-order valence-electron chi connectivity index (χ4n) is 1.70. The van der Waals surface area contributed by atoms with E-state index < -0.39 is 0 Å². The number of halogens is 2. The third kappa shape index (κ3) is 3.37. The van der Waals surface area contributed by atoms with E-state index in [0.717, 1.165) is 10.2 Å². The lowest BCUT2D eigenvalue weighted by Crippen LogP contribution is -2.19. The van der Waals surface area contributed by atoms with Crippen LogP contribution < -0.4 is 5.32 Å². The van der Waals surface area contributed by atoms with Gasteiger partial charge in [-0.3, -0.25) is 4.98 Å². The summed E-state index contributed by atoms with van der Waals surface area (Å²) in [5.74, 6) is -0.179. The van der Waals surface area contributed by atoms with Crippen molar-refractivity contribution in [2.24, 2.45) is 0 Å². The van der Waals surface area contributed by atoms with Crippen LogP contribution in [0.1, 0.15) is 24.2 Å². The second-order valence-corrected chi connectivity index (χ2v) is 5.01. The van der Waals surface area contributed by atoms with Gasteiger partial charge < -0.3 is 5.32 Å². The molecule has 0 saturated carbocycles. The van der Waals surface area contributed by atoms with Gasteiger partial charge in [0.15, 0.2) is 0 Å². The lowest BCUT2D eigenvalue weighted by atomic mass is 10.1. The molecule has 2 aromatic rings. The largest absolute Gasteiger partial charge is 0.304 e. The molecule has 1 atom stereocenters. The molecule has 0 aliphatic heterocycles. The second kappa shape index (κ2) is 6.07. The van der Waals surface area contributed by atoms with E-state index in [-0.39, 0.29) is 11.9 Å². The Morgan fingerprint density at radius 3 is 2.72 bits per heavy atom. The fourth-order valence-corrected chi connectivity index (χ4v) is 1.94. The zero-order chi connectivity index (χ0) is 13.0. The van der Waals surface area contributed by atoms with Crippen LogP contribution in [0.4, 0.5) is 4.39 Å². The third-order valence-electron chi connectivity index (χ3n) is 2.75. The Labute approximate surface area is 114 Å². The monoisotopic (exact) mass is 308 g/mol. The molecule has 0 amide bonds. The van der Waals surface area contributed by atoms with Crippen LogP contribution >= 0.6 is 15.9 Å². The molecule has 0 aliphatic carbocycles. The lowest BCUT2D eigenvalue weighted by molar-refractivity contribution is 0.524. The number of benzene rings is 1. The Hall–Kier alpha value is -1.26. The van der Waals surface area contributed by atoms with Gasteiger partial charge in [0.1, 0.15) is 5.82 Å². The van der Waals surface area contributed by atoms with Crippen molar-refractivity contribution in [2.45, 2.75) is 19.5 Å². The molecule has 0 fully saturated rings. The smallest absolute Gasteiger partial charge is 0.127 e. The van der Waals surface area contributed by atoms with Crippen LogP contribution in [-0.4, -0.2) is 4.98 Å². The minimum atomic E-state index is -0.179. The molecular formula is C14H14BrFN2. The van der Waals surface area contributed by atoms with Gasteiger partial charge in [-0.15, -0.1) is 0 Å². The quantitative estimate of drug-likeness (QED) is 0.928. The van der Waals surface area contributed by atoms with Crippen molar-refractivity contribution < 1.29 is 4.39 Å². The van der Waals surface area contributed by atoms with Crippen LogP contribution in [0.3, 0.4) is 0 Å². The van der Waals surface area contributed by atoms with E-state index in [2.05, 4.69) is 26.2 Å². The number of hydrogen-bond acceptors (Lipinski definition) is 2. The van der Waals surface area contributed by atoms with Gasteiger partial charge in [-0.2, -0.15) is 0 Å². The Kier molecular flexibility index (Phi) is 4.44. The minimum absolute atomic E-state index is 0.0448. The van der Waals surface area contributed by atoms with E-state index in [1.54, 1.807) is 18.3 Å². The van der Waals surface area contributed by atoms with E-state index in [0.29, 0.717) is 12.1 Å². The maximum atomic E-state index is 13.6. The lowest BCUT2D eigenvalue weighted by Gasteiger charge is -2.14. The Balaban J connectivity index is 1.98. The topological polar surface area (TPSA) is 24.9 Å². The van der Waals surface area contributed by atoms with Crippen LogP contribution in [0.25, 0.3) is 0 Å². The Morgan fingerprint density at radius 2 is 2.06 bits per heavy atom. The zero-order valence-corrected chi connectivity index (χ0v) is 11.6. The van der Waals surface area contributed by atoms with Crippen molar-refractivity contribution in [3.05, 3.63) is 64.1 Å². The summed E-state index contributed by atoms with van der Waals surface area (Å²) in [6.45, 7) is 2.56. The highest BCUT2D eigenvalue weighted by molar-refractivity contribution is 9.10. The molecule has 0 radical (unpaired) electrons. The van der Waals surface area contributed by atoms with Gasteiger partial charge in [0, 0.05) is 28.8 Å². The first-order valence-electron chi connectivity index (χ1n) is 5.75. The van der Waals surface area contributed by atoms with Gasteiger partial charge in [-0.25, -0.2) is 4.39 Å². The van der Waals surface area contributed by atoms with E-state index in [9.17, 15) is 4.39 Å². The maximum Gasteiger partial charge on any atom is 0.127 e. The fraction of sp³-hybridized carbons (Fsp3) is 0.214. The predicted octanol–water partition coefficient (Wildman–Crippen LogP) is 3.83. The molecule has 1 aromatic heterocycles. The summed E-state index contributed by atoms with van der Waals surface area (Å²) >= 11 is 3.34. The van der Waals surface area contributed by atoms with Crippen LogP contribution in [0.2, 0.25) is 0 Å². The number of aromatic nitrogens is 1. The summed E-state index contributed by atoms with van der Waals surface area (Å²) in [5, 5.41) is 3.26. The summed E-state index contributed by atoms with van der Waals surface area (Å²) in [5.41, 5.74) is 1.61. The van der Waals surface area contributed by atoms with E-state index in [1.807, 2.05) is 25.1 Å². The molecule has 0 aliphatic rings. The Bertz CT molecular complexity index is 513. The average Bonchev–Trinajstić information content (AvgIpc) is 2.38. The average molecular weight is 309 g/mol. The molecule has 1 aromatic carbocycles. The van der Waals surface area contributed by atoms with Gasteiger partial charge >= 0.3 is 0 Å². The first-order valence-corrected chi connectivity index (χ1v) is 6.54. The molecule has 0 saturated heterocycles. The van der Waals surface area contributed by atoms with Crippen LogP contribution in [0.15, 0.2) is 47.1 Å². The SMILES string of the molecule is CC(NCc1ccc(Br)cn1)c1ccccc1F. The molecule has 2 rings (SSSR count). The van der Waals surface area contributed by atoms with Crippen molar-refractivity contribution in [3.8, 4) is 0 Å². The molecule has 0 spiro atoms. The van der Waals surface area contributed by atoms with Crippen molar-refractivity contribution in [1.29, 1.82) is 0 Å². The number of pyridine rings is 1. The van der Waals surface area contributed by atoms with Crippen molar-refractivity contribution in [3.63, 3.8) is 0 Å². The first-order chi connectivity index (χ1) is 8.66. The second-order valence-electron chi connectivity index (χ2n) is 4.09. The molecule has 1 N–H and O–H groups in total. The predicted molar refractivity (Wildman–Crippen MR) is 73.6 cm³/mol. The van der Waals surface area contributed by atoms with Gasteiger partial charge in [0.2, 0.25) is 0 Å². The Morgan fingerprint density at radius 1 is 1.28 bits per heavy atom. The van der Waals surface area contributed by atoms with Gasteiger partial charge in [0.05, 0.1) is 5.69 Å². The van der Waals surface area contributed by atoms with Crippen molar-refractivity contribution in [2.75, 3.05) is 0 Å².